The van der Waals surface area contributed by atoms with Gasteiger partial charge in [0, 0.05) is 29.0 Å². The predicted octanol–water partition coefficient (Wildman–Crippen LogP) is 3.94. The van der Waals surface area contributed by atoms with E-state index >= 15 is 0 Å². The maximum Gasteiger partial charge on any atom is 0.260 e. The minimum atomic E-state index is -0.839. The molecule has 2 atom stereocenters. The fourth-order valence-electron chi connectivity index (χ4n) is 4.69. The van der Waals surface area contributed by atoms with Crippen molar-refractivity contribution in [1.29, 1.82) is 0 Å². The Bertz CT molecular complexity index is 1410. The van der Waals surface area contributed by atoms with E-state index in [-0.39, 0.29) is 5.91 Å². The van der Waals surface area contributed by atoms with Gasteiger partial charge in [0.1, 0.15) is 6.04 Å². The molecule has 7 heteroatoms. The maximum absolute atomic E-state index is 13.6. The molecule has 0 saturated carbocycles. The number of nitrogens with one attached hydrogen (secondary N) is 3. The van der Waals surface area contributed by atoms with Crippen LogP contribution in [0.2, 0.25) is 0 Å². The van der Waals surface area contributed by atoms with Gasteiger partial charge in [-0.2, -0.15) is 0 Å². The van der Waals surface area contributed by atoms with Crippen LogP contribution in [0.5, 0.6) is 0 Å². The molecule has 5 rings (SSSR count). The molecular formula is C27H24N4O3. The average molecular weight is 453 g/mol. The van der Waals surface area contributed by atoms with Crippen molar-refractivity contribution < 1.29 is 14.4 Å². The summed E-state index contributed by atoms with van der Waals surface area (Å²) < 4.78 is 0. The number of aromatic nitrogens is 1. The normalized spacial score (nSPS) is 15.8. The second-order valence-corrected chi connectivity index (χ2v) is 8.37. The first-order valence-corrected chi connectivity index (χ1v) is 11.1. The molecule has 4 aromatic rings. The summed E-state index contributed by atoms with van der Waals surface area (Å²) in [6.07, 6.45) is 0. The van der Waals surface area contributed by atoms with Crippen molar-refractivity contribution >= 4 is 28.6 Å². The number of fused-ring (bicyclic) bond motifs is 2. The number of nitrogens with zero attached hydrogens (tertiary/aromatic N) is 1. The van der Waals surface area contributed by atoms with Gasteiger partial charge >= 0.3 is 0 Å². The highest BCUT2D eigenvalue weighted by Crippen LogP contribution is 2.46. The molecule has 0 saturated heterocycles. The first kappa shape index (κ1) is 21.5. The zero-order valence-electron chi connectivity index (χ0n) is 18.8. The van der Waals surface area contributed by atoms with Gasteiger partial charge < -0.3 is 9.88 Å². The van der Waals surface area contributed by atoms with Crippen LogP contribution in [0.4, 0.5) is 0 Å². The molecular weight excluding hydrogens is 428 g/mol. The Morgan fingerprint density at radius 1 is 0.912 bits per heavy atom. The highest BCUT2D eigenvalue weighted by atomic mass is 16.2. The Morgan fingerprint density at radius 3 is 2.35 bits per heavy atom. The van der Waals surface area contributed by atoms with Crippen molar-refractivity contribution in [3.05, 3.63) is 95.6 Å². The molecule has 0 aliphatic carbocycles. The summed E-state index contributed by atoms with van der Waals surface area (Å²) in [7, 11) is 0. The lowest BCUT2D eigenvalue weighted by Crippen LogP contribution is -2.51. The molecule has 7 nitrogen and oxygen atoms in total. The molecule has 0 radical (unpaired) electrons. The van der Waals surface area contributed by atoms with Gasteiger partial charge in [0.15, 0.2) is 0 Å². The van der Waals surface area contributed by atoms with Crippen LogP contribution in [0, 0.1) is 0 Å². The summed E-state index contributed by atoms with van der Waals surface area (Å²) in [5, 5.41) is 0.982. The van der Waals surface area contributed by atoms with E-state index in [0.29, 0.717) is 5.56 Å². The van der Waals surface area contributed by atoms with Gasteiger partial charge in [-0.05, 0) is 30.2 Å². The molecule has 1 aromatic heterocycles. The van der Waals surface area contributed by atoms with Gasteiger partial charge in [-0.1, -0.05) is 66.7 Å². The van der Waals surface area contributed by atoms with Gasteiger partial charge in [0.25, 0.3) is 11.8 Å². The van der Waals surface area contributed by atoms with E-state index in [1.165, 1.54) is 6.92 Å². The summed E-state index contributed by atoms with van der Waals surface area (Å²) in [6.45, 7) is 2.98. The Labute approximate surface area is 196 Å². The van der Waals surface area contributed by atoms with Crippen LogP contribution in [0.1, 0.15) is 41.4 Å². The molecule has 170 valence electrons. The SMILES string of the molecule is CC(=O)NNC(=O)C(C)N1C(=O)c2ccccc2C1c1c(-c2ccccc2)[nH]c2ccccc12. The lowest BCUT2D eigenvalue weighted by molar-refractivity contribution is -0.130. The van der Waals surface area contributed by atoms with Crippen LogP contribution >= 0.6 is 0 Å². The largest absolute Gasteiger partial charge is 0.354 e. The second kappa shape index (κ2) is 8.51. The van der Waals surface area contributed by atoms with Crippen LogP contribution in [0.3, 0.4) is 0 Å². The molecule has 2 unspecified atom stereocenters. The first-order chi connectivity index (χ1) is 16.5. The van der Waals surface area contributed by atoms with Crippen LogP contribution < -0.4 is 10.9 Å². The minimum absolute atomic E-state index is 0.227. The summed E-state index contributed by atoms with van der Waals surface area (Å²) in [6, 6.07) is 24.0. The van der Waals surface area contributed by atoms with Crippen LogP contribution in [-0.4, -0.2) is 33.6 Å². The third-order valence-electron chi connectivity index (χ3n) is 6.24. The number of para-hydroxylation sites is 1. The Morgan fingerprint density at radius 2 is 1.59 bits per heavy atom. The van der Waals surface area contributed by atoms with Gasteiger partial charge in [-0.25, -0.2) is 0 Å². The second-order valence-electron chi connectivity index (χ2n) is 8.37. The van der Waals surface area contributed by atoms with Gasteiger partial charge in [-0.3, -0.25) is 25.2 Å². The predicted molar refractivity (Wildman–Crippen MR) is 130 cm³/mol. The maximum atomic E-state index is 13.6. The molecule has 34 heavy (non-hydrogen) atoms. The number of rotatable bonds is 4. The van der Waals surface area contributed by atoms with Crippen LogP contribution in [0.25, 0.3) is 22.2 Å². The Hall–Kier alpha value is -4.39. The third kappa shape index (κ3) is 3.51. The smallest absolute Gasteiger partial charge is 0.260 e. The fraction of sp³-hybridized carbons (Fsp3) is 0.148. The monoisotopic (exact) mass is 452 g/mol. The van der Waals surface area contributed by atoms with E-state index in [0.717, 1.165) is 33.3 Å². The van der Waals surface area contributed by atoms with Crippen molar-refractivity contribution in [3.63, 3.8) is 0 Å². The third-order valence-corrected chi connectivity index (χ3v) is 6.24. The van der Waals surface area contributed by atoms with Crippen molar-refractivity contribution in [2.45, 2.75) is 25.9 Å². The van der Waals surface area contributed by atoms with Crippen molar-refractivity contribution in [2.75, 3.05) is 0 Å². The van der Waals surface area contributed by atoms with E-state index in [4.69, 9.17) is 0 Å². The number of H-pyrrole nitrogens is 1. The molecule has 3 N–H and O–H groups in total. The topological polar surface area (TPSA) is 94.3 Å². The number of hydrogen-bond donors (Lipinski definition) is 3. The summed E-state index contributed by atoms with van der Waals surface area (Å²) in [5.74, 6) is -1.09. The van der Waals surface area contributed by atoms with E-state index in [1.807, 2.05) is 72.8 Å². The lowest BCUT2D eigenvalue weighted by atomic mass is 9.92. The number of carbonyl (C=O) groups excluding carboxylic acids is 3. The number of aromatic amines is 1. The molecule has 0 bridgehead atoms. The molecule has 2 heterocycles. The Balaban J connectivity index is 1.71. The molecule has 1 aliphatic rings. The summed E-state index contributed by atoms with van der Waals surface area (Å²) >= 11 is 0. The van der Waals surface area contributed by atoms with Crippen LogP contribution in [-0.2, 0) is 9.59 Å². The van der Waals surface area contributed by atoms with E-state index < -0.39 is 23.9 Å². The van der Waals surface area contributed by atoms with Gasteiger partial charge in [-0.15, -0.1) is 0 Å². The van der Waals surface area contributed by atoms with Gasteiger partial charge in [0.05, 0.1) is 11.7 Å². The molecule has 0 spiro atoms. The number of hydrogen-bond acceptors (Lipinski definition) is 3. The fourth-order valence-corrected chi connectivity index (χ4v) is 4.69. The molecule has 0 fully saturated rings. The van der Waals surface area contributed by atoms with Crippen LogP contribution in [0.15, 0.2) is 78.9 Å². The number of amides is 3. The van der Waals surface area contributed by atoms with E-state index in [2.05, 4.69) is 15.8 Å². The van der Waals surface area contributed by atoms with Crippen molar-refractivity contribution in [1.82, 2.24) is 20.7 Å². The quantitative estimate of drug-likeness (QED) is 0.410. The highest BCUT2D eigenvalue weighted by Gasteiger charge is 2.44. The Kier molecular flexibility index (Phi) is 5.37. The summed E-state index contributed by atoms with van der Waals surface area (Å²) in [4.78, 5) is 43.0. The zero-order valence-corrected chi connectivity index (χ0v) is 18.8. The number of hydrazine groups is 1. The average Bonchev–Trinajstić information content (AvgIpc) is 3.38. The first-order valence-electron chi connectivity index (χ1n) is 11.1. The van der Waals surface area contributed by atoms with E-state index in [1.54, 1.807) is 17.9 Å². The minimum Gasteiger partial charge on any atom is -0.354 e. The van der Waals surface area contributed by atoms with Crippen molar-refractivity contribution in [3.8, 4) is 11.3 Å². The number of carbonyl (C=O) groups is 3. The van der Waals surface area contributed by atoms with Crippen molar-refractivity contribution in [2.24, 2.45) is 0 Å². The van der Waals surface area contributed by atoms with Gasteiger partial charge in [0.2, 0.25) is 5.91 Å². The standard InChI is InChI=1S/C27H24N4O3/c1-16(26(33)30-29-17(2)32)31-25(19-12-6-7-13-20(19)27(31)34)23-21-14-8-9-15-22(21)28-24(23)18-10-4-3-5-11-18/h3-16,25,28H,1-2H3,(H,29,32)(H,30,33). The van der Waals surface area contributed by atoms with E-state index in [9.17, 15) is 14.4 Å². The molecule has 3 aromatic carbocycles. The molecule has 3 amide bonds. The zero-order chi connectivity index (χ0) is 23.8. The molecule has 1 aliphatic heterocycles. The highest BCUT2D eigenvalue weighted by molar-refractivity contribution is 6.04. The summed E-state index contributed by atoms with van der Waals surface area (Å²) in [5.41, 5.74) is 9.91. The number of benzene rings is 3. The lowest BCUT2D eigenvalue weighted by Gasteiger charge is -2.31.